The highest BCUT2D eigenvalue weighted by molar-refractivity contribution is 7.10. The first kappa shape index (κ1) is 14.7. The Morgan fingerprint density at radius 2 is 2.09 bits per heavy atom. The van der Waals surface area contributed by atoms with E-state index in [0.717, 1.165) is 28.5 Å². The number of nitrogens with two attached hydrogens (primary N) is 1. The minimum absolute atomic E-state index is 0.399. The Hall–Kier alpha value is -2.21. The molecule has 116 valence electrons. The molecule has 3 rings (SSSR count). The van der Waals surface area contributed by atoms with E-state index in [1.54, 1.807) is 11.4 Å². The summed E-state index contributed by atoms with van der Waals surface area (Å²) in [6.07, 6.45) is 0.773. The number of ether oxygens (including phenoxy) is 2. The van der Waals surface area contributed by atoms with Crippen molar-refractivity contribution in [3.8, 4) is 11.5 Å². The van der Waals surface area contributed by atoms with E-state index in [1.807, 2.05) is 32.0 Å². The molecule has 0 bridgehead atoms. The molecule has 0 saturated heterocycles. The maximum Gasteiger partial charge on any atom is 0.249 e. The number of rotatable bonds is 5. The summed E-state index contributed by atoms with van der Waals surface area (Å²) in [6, 6.07) is 7.59. The summed E-state index contributed by atoms with van der Waals surface area (Å²) in [5, 5.41) is 5.08. The van der Waals surface area contributed by atoms with E-state index in [-0.39, 0.29) is 0 Å². The number of benzene rings is 1. The number of carbonyl (C=O) groups excluding carboxylic acids is 1. The van der Waals surface area contributed by atoms with Gasteiger partial charge in [-0.2, -0.15) is 0 Å². The van der Waals surface area contributed by atoms with Crippen LogP contribution in [-0.4, -0.2) is 11.7 Å². The van der Waals surface area contributed by atoms with E-state index in [0.29, 0.717) is 12.1 Å². The van der Waals surface area contributed by atoms with Crippen LogP contribution in [0.5, 0.6) is 11.5 Å². The molecular formula is C16H18N2O3S. The monoisotopic (exact) mass is 318 g/mol. The molecule has 6 heteroatoms. The first-order valence-electron chi connectivity index (χ1n) is 7.12. The molecule has 0 aliphatic carbocycles. The van der Waals surface area contributed by atoms with Gasteiger partial charge in [-0.1, -0.05) is 6.92 Å². The number of anilines is 1. The number of thiophene rings is 1. The van der Waals surface area contributed by atoms with Gasteiger partial charge in [0.05, 0.1) is 5.56 Å². The van der Waals surface area contributed by atoms with Crippen LogP contribution in [0.15, 0.2) is 29.6 Å². The first-order valence-corrected chi connectivity index (χ1v) is 8.00. The Morgan fingerprint density at radius 1 is 1.32 bits per heavy atom. The molecule has 1 aromatic heterocycles. The summed E-state index contributed by atoms with van der Waals surface area (Å²) in [5.41, 5.74) is 6.74. The summed E-state index contributed by atoms with van der Waals surface area (Å²) in [7, 11) is 0. The fraction of sp³-hybridized carbons (Fsp3) is 0.312. The van der Waals surface area contributed by atoms with Crippen molar-refractivity contribution >= 4 is 22.9 Å². The zero-order chi connectivity index (χ0) is 15.7. The third-order valence-electron chi connectivity index (χ3n) is 3.64. The molecule has 2 heterocycles. The lowest BCUT2D eigenvalue weighted by Gasteiger charge is -2.20. The molecule has 0 radical (unpaired) electrons. The molecule has 0 unspecified atom stereocenters. The first-order chi connectivity index (χ1) is 10.5. The van der Waals surface area contributed by atoms with E-state index < -0.39 is 11.7 Å². The normalized spacial score (nSPS) is 19.2. The van der Waals surface area contributed by atoms with Crippen LogP contribution in [0, 0.1) is 0 Å². The van der Waals surface area contributed by atoms with Gasteiger partial charge in [0.15, 0.2) is 11.5 Å². The fourth-order valence-electron chi connectivity index (χ4n) is 2.20. The summed E-state index contributed by atoms with van der Waals surface area (Å²) in [5.74, 6) is 0.537. The number of amides is 1. The van der Waals surface area contributed by atoms with Crippen molar-refractivity contribution in [3.63, 3.8) is 0 Å². The van der Waals surface area contributed by atoms with Crippen molar-refractivity contribution in [2.75, 3.05) is 5.32 Å². The highest BCUT2D eigenvalue weighted by Gasteiger charge is 2.34. The Kier molecular flexibility index (Phi) is 3.70. The number of hydrogen-bond donors (Lipinski definition) is 2. The zero-order valence-corrected chi connectivity index (χ0v) is 13.3. The van der Waals surface area contributed by atoms with Crippen molar-refractivity contribution in [2.45, 2.75) is 32.6 Å². The second-order valence-electron chi connectivity index (χ2n) is 5.37. The number of fused-ring (bicyclic) bond motifs is 1. The lowest BCUT2D eigenvalue weighted by atomic mass is 10.2. The van der Waals surface area contributed by atoms with E-state index in [1.165, 1.54) is 11.3 Å². The van der Waals surface area contributed by atoms with Gasteiger partial charge in [0, 0.05) is 41.9 Å². The van der Waals surface area contributed by atoms with Crippen LogP contribution in [0.3, 0.4) is 0 Å². The maximum absolute atomic E-state index is 11.1. The van der Waals surface area contributed by atoms with Crippen LogP contribution in [0.2, 0.25) is 0 Å². The van der Waals surface area contributed by atoms with E-state index in [2.05, 4.69) is 5.32 Å². The molecule has 1 atom stereocenters. The van der Waals surface area contributed by atoms with Crippen LogP contribution >= 0.6 is 11.3 Å². The Labute approximate surface area is 133 Å². The molecule has 5 nitrogen and oxygen atoms in total. The van der Waals surface area contributed by atoms with Gasteiger partial charge < -0.3 is 20.5 Å². The van der Waals surface area contributed by atoms with Gasteiger partial charge >= 0.3 is 0 Å². The predicted octanol–water partition coefficient (Wildman–Crippen LogP) is 3.36. The molecule has 2 aromatic rings. The fourth-order valence-corrected chi connectivity index (χ4v) is 3.02. The molecular weight excluding hydrogens is 300 g/mol. The SMILES string of the molecule is CC[C@]1(C)Oc2ccc(NCc3cc(C(N)=O)cs3)cc2O1. The Morgan fingerprint density at radius 3 is 2.77 bits per heavy atom. The second-order valence-corrected chi connectivity index (χ2v) is 6.37. The third-order valence-corrected chi connectivity index (χ3v) is 4.58. The van der Waals surface area contributed by atoms with E-state index in [9.17, 15) is 4.79 Å². The van der Waals surface area contributed by atoms with Crippen LogP contribution in [-0.2, 0) is 6.54 Å². The number of primary amides is 1. The van der Waals surface area contributed by atoms with E-state index in [4.69, 9.17) is 15.2 Å². The summed E-state index contributed by atoms with van der Waals surface area (Å²) < 4.78 is 11.6. The van der Waals surface area contributed by atoms with Crippen molar-refractivity contribution in [3.05, 3.63) is 40.1 Å². The van der Waals surface area contributed by atoms with Crippen LogP contribution in [0.4, 0.5) is 5.69 Å². The average Bonchev–Trinajstić information content (AvgIpc) is 3.08. The van der Waals surface area contributed by atoms with Crippen molar-refractivity contribution < 1.29 is 14.3 Å². The van der Waals surface area contributed by atoms with Crippen molar-refractivity contribution in [2.24, 2.45) is 5.73 Å². The van der Waals surface area contributed by atoms with Crippen LogP contribution < -0.4 is 20.5 Å². The molecule has 0 saturated carbocycles. The van der Waals surface area contributed by atoms with Gasteiger partial charge in [-0.3, -0.25) is 4.79 Å². The lowest BCUT2D eigenvalue weighted by molar-refractivity contribution is -0.0640. The Bertz CT molecular complexity index is 713. The highest BCUT2D eigenvalue weighted by Crippen LogP contribution is 2.42. The maximum atomic E-state index is 11.1. The molecule has 1 aromatic carbocycles. The Balaban J connectivity index is 1.67. The molecule has 0 spiro atoms. The number of hydrogen-bond acceptors (Lipinski definition) is 5. The highest BCUT2D eigenvalue weighted by atomic mass is 32.1. The summed E-state index contributed by atoms with van der Waals surface area (Å²) in [4.78, 5) is 12.1. The average molecular weight is 318 g/mol. The topological polar surface area (TPSA) is 73.6 Å². The minimum atomic E-state index is -0.578. The lowest BCUT2D eigenvalue weighted by Crippen LogP contribution is -2.33. The summed E-state index contributed by atoms with van der Waals surface area (Å²) in [6.45, 7) is 4.58. The smallest absolute Gasteiger partial charge is 0.249 e. The van der Waals surface area contributed by atoms with E-state index >= 15 is 0 Å². The van der Waals surface area contributed by atoms with Gasteiger partial charge in [-0.15, -0.1) is 11.3 Å². The van der Waals surface area contributed by atoms with Crippen molar-refractivity contribution in [1.29, 1.82) is 0 Å². The van der Waals surface area contributed by atoms with Gasteiger partial charge in [0.25, 0.3) is 0 Å². The molecule has 0 fully saturated rings. The number of nitrogens with one attached hydrogen (secondary N) is 1. The second kappa shape index (κ2) is 5.53. The number of carbonyl (C=O) groups is 1. The molecule has 22 heavy (non-hydrogen) atoms. The third kappa shape index (κ3) is 2.87. The zero-order valence-electron chi connectivity index (χ0n) is 12.5. The van der Waals surface area contributed by atoms with Crippen LogP contribution in [0.1, 0.15) is 35.5 Å². The molecule has 1 aliphatic rings. The van der Waals surface area contributed by atoms with Crippen LogP contribution in [0.25, 0.3) is 0 Å². The molecule has 1 aliphatic heterocycles. The molecule has 3 N–H and O–H groups in total. The van der Waals surface area contributed by atoms with Gasteiger partial charge in [0.2, 0.25) is 11.7 Å². The van der Waals surface area contributed by atoms with Gasteiger partial charge in [-0.25, -0.2) is 0 Å². The van der Waals surface area contributed by atoms with Gasteiger partial charge in [-0.05, 0) is 18.2 Å². The minimum Gasteiger partial charge on any atom is -0.449 e. The summed E-state index contributed by atoms with van der Waals surface area (Å²) >= 11 is 1.51. The predicted molar refractivity (Wildman–Crippen MR) is 86.6 cm³/mol. The van der Waals surface area contributed by atoms with Gasteiger partial charge in [0.1, 0.15) is 0 Å². The molecule has 1 amide bonds. The standard InChI is InChI=1S/C16H18N2O3S/c1-3-16(2)20-13-5-4-11(7-14(13)21-16)18-8-12-6-10(9-22-12)15(17)19/h4-7,9,18H,3,8H2,1-2H3,(H2,17,19)/t16-/m1/s1. The van der Waals surface area contributed by atoms with Crippen molar-refractivity contribution in [1.82, 2.24) is 0 Å². The quantitative estimate of drug-likeness (QED) is 0.886. The largest absolute Gasteiger partial charge is 0.449 e.